The first-order valence-corrected chi connectivity index (χ1v) is 2.79. The number of carbonyl (C=O) groups is 1. The van der Waals surface area contributed by atoms with Crippen LogP contribution in [0, 0.1) is 0 Å². The van der Waals surface area contributed by atoms with Gasteiger partial charge >= 0.3 is 0 Å². The molecule has 2 nitrogen and oxygen atoms in total. The molecule has 1 saturated heterocycles. The van der Waals surface area contributed by atoms with Crippen molar-refractivity contribution in [3.05, 3.63) is 0 Å². The molecule has 1 heterocycles. The minimum atomic E-state index is -2.43. The van der Waals surface area contributed by atoms with E-state index in [0.717, 1.165) is 13.0 Å². The number of hydrogen-bond acceptors (Lipinski definition) is 2. The highest BCUT2D eigenvalue weighted by Crippen LogP contribution is 2.04. The quantitative estimate of drug-likeness (QED) is 0.535. The van der Waals surface area contributed by atoms with E-state index in [0.29, 0.717) is 6.42 Å². The lowest BCUT2D eigenvalue weighted by molar-refractivity contribution is -0.118. The van der Waals surface area contributed by atoms with E-state index in [-0.39, 0.29) is 0 Å². The highest BCUT2D eigenvalue weighted by Gasteiger charge is 2.17. The minimum Gasteiger partial charge on any atom is -0.307 e. The van der Waals surface area contributed by atoms with Crippen molar-refractivity contribution in [2.24, 2.45) is 0 Å². The summed E-state index contributed by atoms with van der Waals surface area (Å²) in [6.45, 7) is -1.67. The van der Waals surface area contributed by atoms with E-state index in [4.69, 9.17) is 4.11 Å². The zero-order valence-corrected chi connectivity index (χ0v) is 4.61. The molecule has 0 saturated carbocycles. The molecular formula is C6H11NO. The van der Waals surface area contributed by atoms with Crippen LogP contribution < -0.4 is 5.32 Å². The van der Waals surface area contributed by atoms with Crippen molar-refractivity contribution in [3.8, 4) is 0 Å². The van der Waals surface area contributed by atoms with Crippen LogP contribution >= 0.6 is 0 Å². The molecule has 1 rings (SSSR count). The average Bonchev–Trinajstić information content (AvgIpc) is 2.34. The molecule has 0 aromatic rings. The van der Waals surface area contributed by atoms with Gasteiger partial charge in [0.25, 0.3) is 0 Å². The maximum Gasteiger partial charge on any atom is 0.146 e. The molecule has 8 heavy (non-hydrogen) atoms. The summed E-state index contributed by atoms with van der Waals surface area (Å²) in [7, 11) is 0. The molecule has 46 valence electrons. The van der Waals surface area contributed by atoms with Gasteiger partial charge in [0.15, 0.2) is 0 Å². The molecule has 0 radical (unpaired) electrons. The van der Waals surface area contributed by atoms with Gasteiger partial charge in [0.1, 0.15) is 5.78 Å². The Balaban J connectivity index is 2.53. The Morgan fingerprint density at radius 2 is 2.88 bits per heavy atom. The summed E-state index contributed by atoms with van der Waals surface area (Å²) in [4.78, 5) is 11.0. The Kier molecular flexibility index (Phi) is 0.841. The molecule has 0 aliphatic carbocycles. The van der Waals surface area contributed by atoms with Crippen molar-refractivity contribution >= 4 is 5.78 Å². The summed E-state index contributed by atoms with van der Waals surface area (Å²) in [5.74, 6) is -0.644. The molecule has 1 atom stereocenters. The van der Waals surface area contributed by atoms with Crippen LogP contribution in [0.3, 0.4) is 0 Å². The molecule has 1 N–H and O–H groups in total. The molecular weight excluding hydrogens is 102 g/mol. The average molecular weight is 116 g/mol. The largest absolute Gasteiger partial charge is 0.307 e. The summed E-state index contributed by atoms with van der Waals surface area (Å²) in [5.41, 5.74) is 0. The van der Waals surface area contributed by atoms with Gasteiger partial charge in [-0.3, -0.25) is 4.79 Å². The van der Waals surface area contributed by atoms with Crippen molar-refractivity contribution in [1.82, 2.24) is 5.32 Å². The number of hydrogen-bond donors (Lipinski definition) is 1. The van der Waals surface area contributed by atoms with Crippen LogP contribution in [0.2, 0.25) is 0 Å². The van der Waals surface area contributed by atoms with E-state index in [1.54, 1.807) is 0 Å². The summed E-state index contributed by atoms with van der Waals surface area (Å²) in [6.07, 6.45) is 1.56. The fourth-order valence-electron chi connectivity index (χ4n) is 0.908. The Hall–Kier alpha value is -0.370. The minimum absolute atomic E-state index is 0.428. The van der Waals surface area contributed by atoms with Gasteiger partial charge in [-0.25, -0.2) is 0 Å². The summed E-state index contributed by atoms with van der Waals surface area (Å²) in [6, 6.07) is -0.428. The van der Waals surface area contributed by atoms with Gasteiger partial charge in [-0.2, -0.15) is 0 Å². The molecule has 0 aromatic carbocycles. The normalized spacial score (nSPS) is 35.5. The second kappa shape index (κ2) is 2.27. The third kappa shape index (κ3) is 1.07. The Labute approximate surface area is 53.5 Å². The van der Waals surface area contributed by atoms with E-state index >= 15 is 0 Å². The zero-order valence-electron chi connectivity index (χ0n) is 7.61. The van der Waals surface area contributed by atoms with E-state index in [9.17, 15) is 4.79 Å². The SMILES string of the molecule is [2H]C([2H])([2H])C(=O)[C@@H]1CCCN1. The van der Waals surface area contributed by atoms with Crippen LogP contribution in [0.25, 0.3) is 0 Å². The van der Waals surface area contributed by atoms with Crippen molar-refractivity contribution in [2.75, 3.05) is 6.54 Å². The van der Waals surface area contributed by atoms with Gasteiger partial charge in [0, 0.05) is 4.11 Å². The van der Waals surface area contributed by atoms with Gasteiger partial charge in [-0.1, -0.05) is 0 Å². The molecule has 0 unspecified atom stereocenters. The van der Waals surface area contributed by atoms with E-state index in [2.05, 4.69) is 5.32 Å². The third-order valence-corrected chi connectivity index (χ3v) is 1.38. The van der Waals surface area contributed by atoms with Crippen LogP contribution in [-0.2, 0) is 4.79 Å². The molecule has 0 aromatic heterocycles. The molecule has 1 aliphatic heterocycles. The molecule has 0 spiro atoms. The zero-order chi connectivity index (χ0) is 8.48. The van der Waals surface area contributed by atoms with Gasteiger partial charge < -0.3 is 5.32 Å². The number of nitrogens with one attached hydrogen (secondary N) is 1. The molecule has 1 aliphatic rings. The molecule has 0 bridgehead atoms. The van der Waals surface area contributed by atoms with Gasteiger partial charge in [0.05, 0.1) is 6.04 Å². The first-order chi connectivity index (χ1) is 5.02. The maximum atomic E-state index is 11.0. The van der Waals surface area contributed by atoms with Crippen LogP contribution in [0.5, 0.6) is 0 Å². The van der Waals surface area contributed by atoms with Gasteiger partial charge in [-0.15, -0.1) is 0 Å². The van der Waals surface area contributed by atoms with Crippen molar-refractivity contribution in [1.29, 1.82) is 0 Å². The van der Waals surface area contributed by atoms with Crippen molar-refractivity contribution in [3.63, 3.8) is 0 Å². The van der Waals surface area contributed by atoms with Crippen molar-refractivity contribution < 1.29 is 8.91 Å². The van der Waals surface area contributed by atoms with Gasteiger partial charge in [-0.05, 0) is 26.2 Å². The Bertz CT molecular complexity index is 160. The summed E-state index contributed by atoms with van der Waals surface area (Å²) >= 11 is 0. The van der Waals surface area contributed by atoms with Crippen molar-refractivity contribution in [2.45, 2.75) is 25.7 Å². The number of ketones is 1. The number of carbonyl (C=O) groups excluding carboxylic acids is 1. The Morgan fingerprint density at radius 3 is 3.38 bits per heavy atom. The highest BCUT2D eigenvalue weighted by atomic mass is 16.1. The first-order valence-electron chi connectivity index (χ1n) is 4.29. The first kappa shape index (κ1) is 2.97. The lowest BCUT2D eigenvalue weighted by Gasteiger charge is -2.01. The van der Waals surface area contributed by atoms with Crippen LogP contribution in [0.15, 0.2) is 0 Å². The lowest BCUT2D eigenvalue weighted by Crippen LogP contribution is -2.28. The number of Topliss-reactive ketones (excluding diaryl/α,β-unsaturated/α-hetero) is 1. The van der Waals surface area contributed by atoms with E-state index in [1.165, 1.54) is 0 Å². The molecule has 0 amide bonds. The Morgan fingerprint density at radius 1 is 2.00 bits per heavy atom. The van der Waals surface area contributed by atoms with E-state index < -0.39 is 18.7 Å². The summed E-state index contributed by atoms with van der Waals surface area (Å²) in [5, 5.41) is 2.85. The standard InChI is InChI=1S/C6H11NO/c1-5(8)6-3-2-4-7-6/h6-7H,2-4H2,1H3/t6-/m0/s1/i1D3. The second-order valence-corrected chi connectivity index (χ2v) is 2.01. The third-order valence-electron chi connectivity index (χ3n) is 1.38. The fraction of sp³-hybridized carbons (Fsp3) is 0.833. The van der Waals surface area contributed by atoms with Crippen LogP contribution in [0.1, 0.15) is 23.8 Å². The molecule has 1 fully saturated rings. The maximum absolute atomic E-state index is 11.0. The predicted octanol–water partition coefficient (Wildman–Crippen LogP) is 0.327. The van der Waals surface area contributed by atoms with E-state index in [1.807, 2.05) is 0 Å². The second-order valence-electron chi connectivity index (χ2n) is 2.01. The lowest BCUT2D eigenvalue weighted by atomic mass is 10.2. The van der Waals surface area contributed by atoms with Crippen LogP contribution in [0.4, 0.5) is 0 Å². The number of rotatable bonds is 1. The topological polar surface area (TPSA) is 29.1 Å². The predicted molar refractivity (Wildman–Crippen MR) is 31.7 cm³/mol. The fourth-order valence-corrected chi connectivity index (χ4v) is 0.908. The summed E-state index contributed by atoms with van der Waals surface area (Å²) < 4.78 is 20.5. The monoisotopic (exact) mass is 116 g/mol. The smallest absolute Gasteiger partial charge is 0.146 e. The molecule has 2 heteroatoms. The van der Waals surface area contributed by atoms with Gasteiger partial charge in [0.2, 0.25) is 0 Å². The highest BCUT2D eigenvalue weighted by molar-refractivity contribution is 5.81. The van der Waals surface area contributed by atoms with Crippen LogP contribution in [-0.4, -0.2) is 18.4 Å².